The molecule has 8 nitrogen and oxygen atoms in total. The fourth-order valence-corrected chi connectivity index (χ4v) is 8.88. The number of hydrogen-bond acceptors (Lipinski definition) is 5. The summed E-state index contributed by atoms with van der Waals surface area (Å²) in [4.78, 5) is 29.5. The van der Waals surface area contributed by atoms with Crippen LogP contribution in [0.15, 0.2) is 48.5 Å². The molecule has 0 radical (unpaired) electrons. The number of fused-ring (bicyclic) bond motifs is 3. The minimum Gasteiger partial charge on any atom is -0.343 e. The first-order valence-corrected chi connectivity index (χ1v) is 17.5. The van der Waals surface area contributed by atoms with Crippen molar-refractivity contribution in [3.05, 3.63) is 64.7 Å². The number of rotatable bonds is 6. The summed E-state index contributed by atoms with van der Waals surface area (Å²) in [6, 6.07) is 14.2. The third-order valence-corrected chi connectivity index (χ3v) is 11.5. The van der Waals surface area contributed by atoms with Gasteiger partial charge in [-0.2, -0.15) is 0 Å². The molecule has 2 aromatic rings. The van der Waals surface area contributed by atoms with E-state index in [1.807, 2.05) is 53.4 Å². The molecule has 1 aliphatic carbocycles. The molecule has 2 unspecified atom stereocenters. The van der Waals surface area contributed by atoms with Gasteiger partial charge in [0.05, 0.1) is 18.0 Å². The quantitative estimate of drug-likeness (QED) is 0.516. The van der Waals surface area contributed by atoms with E-state index in [1.54, 1.807) is 0 Å². The first kappa shape index (κ1) is 29.5. The molecule has 1 saturated carbocycles. The number of amides is 2. The molecular weight excluding hydrogens is 572 g/mol. The number of nitrogens with one attached hydrogen (secondary N) is 2. The van der Waals surface area contributed by atoms with E-state index in [4.69, 9.17) is 11.6 Å². The number of sulfonamides is 1. The van der Waals surface area contributed by atoms with Gasteiger partial charge in [0.15, 0.2) is 0 Å². The van der Waals surface area contributed by atoms with Gasteiger partial charge < -0.3 is 15.5 Å². The second-order valence-electron chi connectivity index (χ2n) is 12.8. The van der Waals surface area contributed by atoms with Crippen molar-refractivity contribution in [2.24, 2.45) is 11.8 Å². The average molecular weight is 613 g/mol. The van der Waals surface area contributed by atoms with Crippen LogP contribution in [-0.4, -0.2) is 69.7 Å². The molecule has 2 aromatic carbocycles. The summed E-state index contributed by atoms with van der Waals surface area (Å²) < 4.78 is 26.7. The second kappa shape index (κ2) is 11.8. The number of piperidine rings is 2. The lowest BCUT2D eigenvalue weighted by Gasteiger charge is -2.41. The van der Waals surface area contributed by atoms with Gasteiger partial charge in [-0.05, 0) is 73.4 Å². The molecule has 3 fully saturated rings. The fourth-order valence-electron chi connectivity index (χ4n) is 7.76. The summed E-state index contributed by atoms with van der Waals surface area (Å²) in [5.74, 6) is 1.02. The van der Waals surface area contributed by atoms with Crippen LogP contribution >= 0.6 is 11.6 Å². The lowest BCUT2D eigenvalue weighted by Crippen LogP contribution is -2.58. The van der Waals surface area contributed by atoms with Crippen LogP contribution in [-0.2, 0) is 31.4 Å². The topological polar surface area (TPSA) is 98.8 Å². The Morgan fingerprint density at radius 1 is 1.05 bits per heavy atom. The van der Waals surface area contributed by atoms with Gasteiger partial charge in [0.1, 0.15) is 6.04 Å². The molecule has 226 valence electrons. The molecule has 0 aromatic heterocycles. The Labute approximate surface area is 254 Å². The zero-order valence-corrected chi connectivity index (χ0v) is 25.8. The molecule has 4 atom stereocenters. The van der Waals surface area contributed by atoms with Crippen molar-refractivity contribution in [2.75, 3.05) is 36.7 Å². The zero-order valence-electron chi connectivity index (χ0n) is 24.2. The van der Waals surface area contributed by atoms with Gasteiger partial charge in [-0.1, -0.05) is 61.2 Å². The lowest BCUT2D eigenvalue weighted by atomic mass is 9.73. The number of carbonyl (C=O) groups excluding carboxylic acids is 2. The monoisotopic (exact) mass is 612 g/mol. The van der Waals surface area contributed by atoms with Crippen molar-refractivity contribution in [2.45, 2.75) is 68.9 Å². The zero-order chi connectivity index (χ0) is 29.5. The number of anilines is 1. The van der Waals surface area contributed by atoms with Crippen LogP contribution in [0.4, 0.5) is 5.69 Å². The van der Waals surface area contributed by atoms with E-state index in [-0.39, 0.29) is 23.3 Å². The van der Waals surface area contributed by atoms with Crippen molar-refractivity contribution in [1.29, 1.82) is 0 Å². The summed E-state index contributed by atoms with van der Waals surface area (Å²) in [7, 11) is -3.41. The highest BCUT2D eigenvalue weighted by atomic mass is 35.5. The maximum atomic E-state index is 14.0. The predicted molar refractivity (Wildman–Crippen MR) is 165 cm³/mol. The highest BCUT2D eigenvalue weighted by molar-refractivity contribution is 7.92. The predicted octanol–water partition coefficient (Wildman–Crippen LogP) is 3.88. The molecule has 4 aliphatic rings. The molecule has 42 heavy (non-hydrogen) atoms. The summed E-state index contributed by atoms with van der Waals surface area (Å²) >= 11 is 6.11. The van der Waals surface area contributed by atoms with Crippen molar-refractivity contribution >= 4 is 39.1 Å². The maximum absolute atomic E-state index is 14.0. The minimum absolute atomic E-state index is 0.0919. The number of halogens is 1. The highest BCUT2D eigenvalue weighted by Gasteiger charge is 2.48. The van der Waals surface area contributed by atoms with Crippen LogP contribution < -0.4 is 14.9 Å². The Balaban J connectivity index is 1.17. The average Bonchev–Trinajstić information content (AvgIpc) is 3.32. The number of likely N-dealkylation sites (tertiary alicyclic amines) is 1. The van der Waals surface area contributed by atoms with E-state index in [0.29, 0.717) is 55.8 Å². The van der Waals surface area contributed by atoms with Crippen LogP contribution in [0.3, 0.4) is 0 Å². The largest absolute Gasteiger partial charge is 0.343 e. The van der Waals surface area contributed by atoms with Crippen molar-refractivity contribution in [3.8, 4) is 0 Å². The summed E-state index contributed by atoms with van der Waals surface area (Å²) in [6.45, 7) is 2.26. The molecule has 0 bridgehead atoms. The third kappa shape index (κ3) is 5.92. The normalized spacial score (nSPS) is 25.9. The number of nitrogens with zero attached hydrogens (tertiary/aromatic N) is 2. The second-order valence-corrected chi connectivity index (χ2v) is 15.1. The SMILES string of the molecule is CS(=O)(=O)N1CC2(CCN(C(=O)[C@@H](Cc3ccc(Cl)cc3)NC(=O)[C@@H]3CC4CCCCC4CN3)CC2)c2ccccc21. The van der Waals surface area contributed by atoms with E-state index in [0.717, 1.165) is 29.8 Å². The minimum atomic E-state index is -3.41. The van der Waals surface area contributed by atoms with Gasteiger partial charge in [-0.15, -0.1) is 0 Å². The number of benzene rings is 2. The Morgan fingerprint density at radius 3 is 2.45 bits per heavy atom. The molecule has 1 spiro atoms. The maximum Gasteiger partial charge on any atom is 0.245 e. The van der Waals surface area contributed by atoms with Crippen LogP contribution in [0, 0.1) is 11.8 Å². The van der Waals surface area contributed by atoms with E-state index in [1.165, 1.54) is 36.2 Å². The smallest absolute Gasteiger partial charge is 0.245 e. The van der Waals surface area contributed by atoms with Gasteiger partial charge in [-0.25, -0.2) is 8.42 Å². The Bertz CT molecular complexity index is 1420. The Morgan fingerprint density at radius 2 is 1.74 bits per heavy atom. The van der Waals surface area contributed by atoms with Crippen LogP contribution in [0.1, 0.15) is 56.1 Å². The van der Waals surface area contributed by atoms with Crippen LogP contribution in [0.25, 0.3) is 0 Å². The van der Waals surface area contributed by atoms with E-state index < -0.39 is 16.1 Å². The molecule has 2 saturated heterocycles. The van der Waals surface area contributed by atoms with Crippen molar-refractivity contribution in [3.63, 3.8) is 0 Å². The highest BCUT2D eigenvalue weighted by Crippen LogP contribution is 2.48. The van der Waals surface area contributed by atoms with Gasteiger partial charge >= 0.3 is 0 Å². The molecule has 10 heteroatoms. The van der Waals surface area contributed by atoms with E-state index in [2.05, 4.69) is 10.6 Å². The van der Waals surface area contributed by atoms with Gasteiger partial charge in [0.2, 0.25) is 21.8 Å². The fraction of sp³-hybridized carbons (Fsp3) is 0.562. The van der Waals surface area contributed by atoms with Gasteiger partial charge in [-0.3, -0.25) is 13.9 Å². The number of hydrogen-bond donors (Lipinski definition) is 2. The van der Waals surface area contributed by atoms with Crippen molar-refractivity contribution in [1.82, 2.24) is 15.5 Å². The Kier molecular flexibility index (Phi) is 8.28. The lowest BCUT2D eigenvalue weighted by molar-refractivity contribution is -0.138. The van der Waals surface area contributed by atoms with Crippen LogP contribution in [0.2, 0.25) is 5.02 Å². The number of carbonyl (C=O) groups is 2. The third-order valence-electron chi connectivity index (χ3n) is 10.1. The van der Waals surface area contributed by atoms with Gasteiger partial charge in [0.25, 0.3) is 0 Å². The van der Waals surface area contributed by atoms with Crippen LogP contribution in [0.5, 0.6) is 0 Å². The number of para-hydroxylation sites is 1. The summed E-state index contributed by atoms with van der Waals surface area (Å²) in [5, 5.41) is 7.22. The Hall–Kier alpha value is -2.62. The first-order chi connectivity index (χ1) is 20.1. The summed E-state index contributed by atoms with van der Waals surface area (Å²) in [6.07, 6.45) is 8.69. The standard InChI is InChI=1S/C32H41ClN4O4S/c1-42(40,41)37-21-32(26-8-4-5-9-29(26)37)14-16-36(17-15-32)31(39)28(18-22-10-12-25(33)13-11-22)35-30(38)27-19-23-6-2-3-7-24(23)20-34-27/h4-5,8-13,23-24,27-28,34H,2-3,6-7,14-21H2,1H3,(H,35,38)/t23?,24?,27-,28+/m0/s1. The van der Waals surface area contributed by atoms with E-state index in [9.17, 15) is 18.0 Å². The molecule has 3 aliphatic heterocycles. The van der Waals surface area contributed by atoms with Crippen molar-refractivity contribution < 1.29 is 18.0 Å². The molecule has 2 amide bonds. The summed E-state index contributed by atoms with van der Waals surface area (Å²) in [5.41, 5.74) is 2.39. The van der Waals surface area contributed by atoms with Gasteiger partial charge in [0, 0.05) is 36.5 Å². The molecule has 3 heterocycles. The molecule has 6 rings (SSSR count). The molecule has 2 N–H and O–H groups in total. The molecular formula is C32H41ClN4O4S. The van der Waals surface area contributed by atoms with E-state index >= 15 is 0 Å². The first-order valence-electron chi connectivity index (χ1n) is 15.3.